The van der Waals surface area contributed by atoms with Gasteiger partial charge in [-0.05, 0) is 50.4 Å². The van der Waals surface area contributed by atoms with E-state index in [1.807, 2.05) is 18.2 Å². The fourth-order valence-electron chi connectivity index (χ4n) is 5.04. The molecule has 0 spiro atoms. The number of nitrogens with one attached hydrogen (secondary N) is 3. The normalized spacial score (nSPS) is 26.8. The minimum atomic E-state index is -0.422. The Morgan fingerprint density at radius 2 is 2.03 bits per heavy atom. The van der Waals surface area contributed by atoms with E-state index in [0.29, 0.717) is 5.92 Å². The number of hydrogen-bond donors (Lipinski definition) is 3. The van der Waals surface area contributed by atoms with Gasteiger partial charge >= 0.3 is 6.03 Å². The molecule has 166 valence electrons. The van der Waals surface area contributed by atoms with Gasteiger partial charge < -0.3 is 16.0 Å². The average molecular weight is 451 g/mol. The maximum absolute atomic E-state index is 13.3. The molecule has 0 aromatic carbocycles. The third-order valence-electron chi connectivity index (χ3n) is 6.95. The van der Waals surface area contributed by atoms with Crippen molar-refractivity contribution in [3.05, 3.63) is 41.9 Å². The topological polar surface area (TPSA) is 99.2 Å². The highest BCUT2D eigenvalue weighted by molar-refractivity contribution is 8.01. The first-order valence-electron chi connectivity index (χ1n) is 11.4. The Hall–Kier alpha value is -2.65. The maximum atomic E-state index is 13.3. The molecule has 3 atom stereocenters. The molecule has 0 bridgehead atoms. The Kier molecular flexibility index (Phi) is 5.02. The number of anilines is 2. The second-order valence-electron chi connectivity index (χ2n) is 8.97. The van der Waals surface area contributed by atoms with Crippen molar-refractivity contribution in [1.29, 1.82) is 0 Å². The lowest BCUT2D eigenvalue weighted by Gasteiger charge is -2.35. The van der Waals surface area contributed by atoms with Crippen LogP contribution in [0.25, 0.3) is 0 Å². The summed E-state index contributed by atoms with van der Waals surface area (Å²) in [5.41, 5.74) is 3.58. The van der Waals surface area contributed by atoms with Crippen molar-refractivity contribution in [2.75, 3.05) is 18.0 Å². The molecule has 4 aliphatic rings. The molecular weight excluding hydrogens is 424 g/mol. The highest BCUT2D eigenvalue weighted by Crippen LogP contribution is 2.50. The van der Waals surface area contributed by atoms with Crippen LogP contribution < -0.4 is 20.9 Å². The van der Waals surface area contributed by atoms with Gasteiger partial charge in [0.15, 0.2) is 0 Å². The lowest BCUT2D eigenvalue weighted by Crippen LogP contribution is -2.52. The Morgan fingerprint density at radius 1 is 1.16 bits per heavy atom. The summed E-state index contributed by atoms with van der Waals surface area (Å²) in [6.07, 6.45) is 9.08. The number of pyridine rings is 2. The second kappa shape index (κ2) is 8.04. The Bertz CT molecular complexity index is 1070. The predicted octanol–water partition coefficient (Wildman–Crippen LogP) is 2.99. The first-order valence-corrected chi connectivity index (χ1v) is 12.3. The fourth-order valence-corrected chi connectivity index (χ4v) is 6.28. The quantitative estimate of drug-likeness (QED) is 0.662. The van der Waals surface area contributed by atoms with E-state index in [1.54, 1.807) is 17.3 Å². The van der Waals surface area contributed by atoms with Crippen molar-refractivity contribution in [3.8, 4) is 0 Å². The van der Waals surface area contributed by atoms with Crippen LogP contribution in [-0.2, 0) is 4.79 Å². The molecule has 3 N–H and O–H groups in total. The molecule has 3 aliphatic heterocycles. The molecule has 1 saturated carbocycles. The minimum Gasteiger partial charge on any atom is -0.351 e. The van der Waals surface area contributed by atoms with Crippen molar-refractivity contribution in [2.24, 2.45) is 0 Å². The van der Waals surface area contributed by atoms with Gasteiger partial charge in [0.25, 0.3) is 0 Å². The van der Waals surface area contributed by atoms with Crippen molar-refractivity contribution < 1.29 is 9.59 Å². The molecule has 9 heteroatoms. The third-order valence-corrected chi connectivity index (χ3v) is 8.24. The van der Waals surface area contributed by atoms with Crippen LogP contribution in [0.15, 0.2) is 35.6 Å². The summed E-state index contributed by atoms with van der Waals surface area (Å²) >= 11 is 1.44. The highest BCUT2D eigenvalue weighted by Gasteiger charge is 2.47. The average Bonchev–Trinajstić information content (AvgIpc) is 3.13. The van der Waals surface area contributed by atoms with Gasteiger partial charge in [-0.3, -0.25) is 14.7 Å². The van der Waals surface area contributed by atoms with Crippen LogP contribution >= 0.6 is 11.8 Å². The summed E-state index contributed by atoms with van der Waals surface area (Å²) in [5, 5.41) is 9.99. The first kappa shape index (κ1) is 20.0. The molecule has 2 aromatic rings. The molecule has 2 unspecified atom stereocenters. The number of hydrogen-bond acceptors (Lipinski definition) is 6. The first-order chi connectivity index (χ1) is 15.7. The second-order valence-corrected chi connectivity index (χ2v) is 10.1. The summed E-state index contributed by atoms with van der Waals surface area (Å²) in [4.78, 5) is 37.2. The van der Waals surface area contributed by atoms with E-state index in [9.17, 15) is 9.59 Å². The Labute approximate surface area is 191 Å². The van der Waals surface area contributed by atoms with Crippen LogP contribution in [0, 0.1) is 0 Å². The SMILES string of the molecule is O=C(NC1CCCNC1)[C@@H]1Sc2nccc3c2C1NC(=O)N3c1ccnc(C2CCC2)c1. The van der Waals surface area contributed by atoms with Gasteiger partial charge in [0.2, 0.25) is 5.91 Å². The number of piperidine rings is 1. The fraction of sp³-hybridized carbons (Fsp3) is 0.478. The van der Waals surface area contributed by atoms with Crippen LogP contribution in [0.3, 0.4) is 0 Å². The lowest BCUT2D eigenvalue weighted by atomic mass is 9.82. The predicted molar refractivity (Wildman–Crippen MR) is 122 cm³/mol. The van der Waals surface area contributed by atoms with Crippen LogP contribution in [0.5, 0.6) is 0 Å². The molecule has 0 radical (unpaired) electrons. The number of nitrogens with zero attached hydrogens (tertiary/aromatic N) is 3. The Balaban J connectivity index is 1.30. The molecule has 2 fully saturated rings. The molecule has 2 aromatic heterocycles. The number of urea groups is 1. The zero-order chi connectivity index (χ0) is 21.7. The summed E-state index contributed by atoms with van der Waals surface area (Å²) < 4.78 is 0. The summed E-state index contributed by atoms with van der Waals surface area (Å²) in [7, 11) is 0. The maximum Gasteiger partial charge on any atom is 0.327 e. The molecule has 1 aliphatic carbocycles. The minimum absolute atomic E-state index is 0.0393. The zero-order valence-electron chi connectivity index (χ0n) is 17.7. The number of aromatic nitrogens is 2. The zero-order valence-corrected chi connectivity index (χ0v) is 18.5. The summed E-state index contributed by atoms with van der Waals surface area (Å²) in [5.74, 6) is 0.444. The third kappa shape index (κ3) is 3.34. The highest BCUT2D eigenvalue weighted by atomic mass is 32.2. The molecule has 8 nitrogen and oxygen atoms in total. The van der Waals surface area contributed by atoms with Gasteiger partial charge in [0.05, 0.1) is 17.4 Å². The largest absolute Gasteiger partial charge is 0.351 e. The van der Waals surface area contributed by atoms with E-state index in [1.165, 1.54) is 18.2 Å². The van der Waals surface area contributed by atoms with Crippen molar-refractivity contribution >= 4 is 35.1 Å². The van der Waals surface area contributed by atoms with Crippen LogP contribution in [-0.4, -0.2) is 46.3 Å². The van der Waals surface area contributed by atoms with Gasteiger partial charge in [0, 0.05) is 42.2 Å². The van der Waals surface area contributed by atoms with E-state index in [4.69, 9.17) is 0 Å². The van der Waals surface area contributed by atoms with E-state index < -0.39 is 5.25 Å². The smallest absolute Gasteiger partial charge is 0.327 e. The number of amides is 3. The van der Waals surface area contributed by atoms with E-state index in [-0.39, 0.29) is 24.0 Å². The van der Waals surface area contributed by atoms with Gasteiger partial charge in [0.1, 0.15) is 10.3 Å². The van der Waals surface area contributed by atoms with Gasteiger partial charge in [-0.2, -0.15) is 0 Å². The standard InChI is InChI=1S/C23H26N6O2S/c30-21(27-14-5-2-8-24-12-14)20-19-18-17(7-10-26-22(18)32-20)29(23(31)28-19)15-6-9-25-16(11-15)13-3-1-4-13/h6-7,9-11,13-14,19-20,24H,1-5,8,12H2,(H,27,30)(H,28,31)/t14?,19?,20-/m1/s1. The van der Waals surface area contributed by atoms with Crippen molar-refractivity contribution in [1.82, 2.24) is 25.9 Å². The Morgan fingerprint density at radius 3 is 2.81 bits per heavy atom. The summed E-state index contributed by atoms with van der Waals surface area (Å²) in [6, 6.07) is 5.30. The van der Waals surface area contributed by atoms with Crippen LogP contribution in [0.2, 0.25) is 0 Å². The van der Waals surface area contributed by atoms with E-state index in [0.717, 1.165) is 66.4 Å². The molecular formula is C23H26N6O2S. The molecule has 3 amide bonds. The van der Waals surface area contributed by atoms with Crippen LogP contribution in [0.4, 0.5) is 16.2 Å². The number of thioether (sulfide) groups is 1. The number of carbonyl (C=O) groups is 2. The number of rotatable bonds is 4. The molecule has 6 rings (SSSR count). The number of carbonyl (C=O) groups excluding carboxylic acids is 2. The van der Waals surface area contributed by atoms with Gasteiger partial charge in [-0.15, -0.1) is 0 Å². The molecule has 32 heavy (non-hydrogen) atoms. The van der Waals surface area contributed by atoms with Crippen molar-refractivity contribution in [3.63, 3.8) is 0 Å². The lowest BCUT2D eigenvalue weighted by molar-refractivity contribution is -0.121. The summed E-state index contributed by atoms with van der Waals surface area (Å²) in [6.45, 7) is 1.78. The van der Waals surface area contributed by atoms with Gasteiger partial charge in [-0.25, -0.2) is 9.78 Å². The van der Waals surface area contributed by atoms with Crippen molar-refractivity contribution in [2.45, 2.75) is 60.4 Å². The van der Waals surface area contributed by atoms with E-state index >= 15 is 0 Å². The monoisotopic (exact) mass is 450 g/mol. The molecule has 5 heterocycles. The van der Waals surface area contributed by atoms with Gasteiger partial charge in [-0.1, -0.05) is 18.2 Å². The molecule has 1 saturated heterocycles. The van der Waals surface area contributed by atoms with E-state index in [2.05, 4.69) is 25.9 Å². The van der Waals surface area contributed by atoms with Crippen LogP contribution in [0.1, 0.15) is 55.3 Å².